The molecule has 3 aromatic carbocycles. The van der Waals surface area contributed by atoms with Crippen LogP contribution in [0.1, 0.15) is 0 Å². The lowest BCUT2D eigenvalue weighted by Gasteiger charge is -2.11. The number of nitrogens with zero attached hydrogens (tertiary/aromatic N) is 3. The second-order valence-corrected chi connectivity index (χ2v) is 7.84. The lowest BCUT2D eigenvalue weighted by atomic mass is 10.2. The van der Waals surface area contributed by atoms with E-state index < -0.39 is 0 Å². The molecule has 0 radical (unpaired) electrons. The Morgan fingerprint density at radius 2 is 1.78 bits per heavy atom. The monoisotopic (exact) mass is 446 g/mol. The van der Waals surface area contributed by atoms with Gasteiger partial charge in [-0.3, -0.25) is 9.36 Å². The first kappa shape index (κ1) is 20.0. The molecule has 5 rings (SSSR count). The number of phenolic OH excluding ortho intramolecular Hbond substituents is 1. The Morgan fingerprint density at radius 3 is 2.62 bits per heavy atom. The highest BCUT2D eigenvalue weighted by molar-refractivity contribution is 7.99. The third-order valence-electron chi connectivity index (χ3n) is 4.78. The van der Waals surface area contributed by atoms with E-state index >= 15 is 0 Å². The summed E-state index contributed by atoms with van der Waals surface area (Å²) in [5.41, 5.74) is 2.01. The zero-order valence-corrected chi connectivity index (χ0v) is 17.6. The summed E-state index contributed by atoms with van der Waals surface area (Å²) in [5, 5.41) is 22.3. The van der Waals surface area contributed by atoms with E-state index in [1.54, 1.807) is 36.4 Å². The lowest BCUT2D eigenvalue weighted by Crippen LogP contribution is -2.14. The van der Waals surface area contributed by atoms with E-state index in [4.69, 9.17) is 9.47 Å². The van der Waals surface area contributed by atoms with Gasteiger partial charge in [-0.1, -0.05) is 42.1 Å². The van der Waals surface area contributed by atoms with Gasteiger partial charge in [0.1, 0.15) is 5.75 Å². The van der Waals surface area contributed by atoms with Gasteiger partial charge in [0.2, 0.25) is 12.7 Å². The molecule has 160 valence electrons. The van der Waals surface area contributed by atoms with Crippen LogP contribution in [-0.4, -0.2) is 38.3 Å². The number of phenols is 1. The van der Waals surface area contributed by atoms with Crippen molar-refractivity contribution in [2.45, 2.75) is 5.16 Å². The van der Waals surface area contributed by atoms with E-state index in [9.17, 15) is 9.90 Å². The van der Waals surface area contributed by atoms with Crippen LogP contribution in [0.2, 0.25) is 0 Å². The van der Waals surface area contributed by atoms with Crippen molar-refractivity contribution in [1.29, 1.82) is 0 Å². The molecule has 0 atom stereocenters. The number of benzene rings is 3. The molecule has 0 saturated heterocycles. The van der Waals surface area contributed by atoms with E-state index in [0.29, 0.717) is 33.7 Å². The maximum absolute atomic E-state index is 12.6. The zero-order chi connectivity index (χ0) is 21.9. The van der Waals surface area contributed by atoms with Crippen LogP contribution in [0.5, 0.6) is 17.2 Å². The second-order valence-electron chi connectivity index (χ2n) is 6.90. The van der Waals surface area contributed by atoms with Gasteiger partial charge in [0.25, 0.3) is 0 Å². The van der Waals surface area contributed by atoms with Gasteiger partial charge in [-0.25, -0.2) is 0 Å². The molecule has 2 N–H and O–H groups in total. The minimum atomic E-state index is -0.194. The molecule has 8 nitrogen and oxygen atoms in total. The number of nitrogens with one attached hydrogen (secondary N) is 1. The predicted molar refractivity (Wildman–Crippen MR) is 120 cm³/mol. The third kappa shape index (κ3) is 3.97. The number of rotatable bonds is 6. The minimum absolute atomic E-state index is 0.106. The van der Waals surface area contributed by atoms with Crippen molar-refractivity contribution in [2.75, 3.05) is 17.9 Å². The molecule has 0 bridgehead atoms. The molecule has 9 heteroatoms. The van der Waals surface area contributed by atoms with Crippen LogP contribution in [0.3, 0.4) is 0 Å². The van der Waals surface area contributed by atoms with Gasteiger partial charge in [0.15, 0.2) is 22.5 Å². The summed E-state index contributed by atoms with van der Waals surface area (Å²) in [6, 6.07) is 21.8. The van der Waals surface area contributed by atoms with Gasteiger partial charge in [-0.2, -0.15) is 0 Å². The van der Waals surface area contributed by atoms with E-state index in [-0.39, 0.29) is 24.2 Å². The molecule has 0 spiro atoms. The van der Waals surface area contributed by atoms with E-state index in [2.05, 4.69) is 15.5 Å². The lowest BCUT2D eigenvalue weighted by molar-refractivity contribution is -0.113. The Labute approximate surface area is 187 Å². The molecule has 1 aliphatic heterocycles. The van der Waals surface area contributed by atoms with Gasteiger partial charge in [0, 0.05) is 17.4 Å². The second kappa shape index (κ2) is 8.64. The van der Waals surface area contributed by atoms with Crippen LogP contribution in [0.4, 0.5) is 5.69 Å². The average molecular weight is 446 g/mol. The summed E-state index contributed by atoms with van der Waals surface area (Å²) < 4.78 is 12.5. The van der Waals surface area contributed by atoms with Crippen LogP contribution < -0.4 is 14.8 Å². The molecular formula is C23H18N4O4S. The third-order valence-corrected chi connectivity index (χ3v) is 5.71. The van der Waals surface area contributed by atoms with Crippen molar-refractivity contribution in [3.8, 4) is 34.3 Å². The maximum atomic E-state index is 12.6. The summed E-state index contributed by atoms with van der Waals surface area (Å²) in [7, 11) is 0. The summed E-state index contributed by atoms with van der Waals surface area (Å²) in [4.78, 5) is 12.6. The molecule has 1 aromatic heterocycles. The normalized spacial score (nSPS) is 12.0. The van der Waals surface area contributed by atoms with Crippen LogP contribution in [-0.2, 0) is 4.79 Å². The summed E-state index contributed by atoms with van der Waals surface area (Å²) in [6.45, 7) is 0.178. The van der Waals surface area contributed by atoms with E-state index in [1.807, 2.05) is 41.0 Å². The van der Waals surface area contributed by atoms with Gasteiger partial charge >= 0.3 is 0 Å². The first-order valence-electron chi connectivity index (χ1n) is 9.80. The Morgan fingerprint density at radius 1 is 1.00 bits per heavy atom. The summed E-state index contributed by atoms with van der Waals surface area (Å²) in [6.07, 6.45) is 0. The van der Waals surface area contributed by atoms with Crippen molar-refractivity contribution in [2.24, 2.45) is 0 Å². The number of carbonyl (C=O) groups is 1. The number of hydrogen-bond acceptors (Lipinski definition) is 7. The Bertz CT molecular complexity index is 1280. The maximum Gasteiger partial charge on any atom is 0.234 e. The fourth-order valence-corrected chi connectivity index (χ4v) is 4.06. The minimum Gasteiger partial charge on any atom is -0.507 e. The fourth-order valence-electron chi connectivity index (χ4n) is 3.31. The number of fused-ring (bicyclic) bond motifs is 1. The molecular weight excluding hydrogens is 428 g/mol. The Hall–Kier alpha value is -3.98. The molecule has 0 aliphatic carbocycles. The number of hydrogen-bond donors (Lipinski definition) is 2. The van der Waals surface area contributed by atoms with Crippen molar-refractivity contribution in [1.82, 2.24) is 14.8 Å². The molecule has 0 unspecified atom stereocenters. The molecule has 32 heavy (non-hydrogen) atoms. The van der Waals surface area contributed by atoms with Crippen LogP contribution in [0.15, 0.2) is 78.0 Å². The Kier molecular flexibility index (Phi) is 5.39. The van der Waals surface area contributed by atoms with Crippen LogP contribution in [0.25, 0.3) is 17.1 Å². The standard InChI is InChI=1S/C23H18N4O4S/c28-18-9-5-4-8-17(18)22-25-26-23(27(22)16-6-2-1-3-7-16)32-13-21(29)24-15-10-11-19-20(12-15)31-14-30-19/h1-12,28H,13-14H2,(H,24,29). The first-order chi connectivity index (χ1) is 15.7. The average Bonchev–Trinajstić information content (AvgIpc) is 3.45. The largest absolute Gasteiger partial charge is 0.507 e. The van der Waals surface area contributed by atoms with Gasteiger partial charge < -0.3 is 19.9 Å². The molecule has 0 fully saturated rings. The summed E-state index contributed by atoms with van der Waals surface area (Å²) >= 11 is 1.26. The number of anilines is 1. The number of aromatic hydroxyl groups is 1. The summed E-state index contributed by atoms with van der Waals surface area (Å²) in [5.74, 6) is 1.79. The number of aromatic nitrogens is 3. The molecule has 2 heterocycles. The van der Waals surface area contributed by atoms with Crippen LogP contribution in [0, 0.1) is 0 Å². The van der Waals surface area contributed by atoms with Crippen molar-refractivity contribution in [3.05, 3.63) is 72.8 Å². The molecule has 1 amide bonds. The zero-order valence-electron chi connectivity index (χ0n) is 16.8. The number of thioether (sulfide) groups is 1. The highest BCUT2D eigenvalue weighted by Gasteiger charge is 2.19. The van der Waals surface area contributed by atoms with Gasteiger partial charge in [-0.05, 0) is 36.4 Å². The van der Waals surface area contributed by atoms with Gasteiger partial charge in [-0.15, -0.1) is 10.2 Å². The van der Waals surface area contributed by atoms with Crippen molar-refractivity contribution >= 4 is 23.4 Å². The van der Waals surface area contributed by atoms with Gasteiger partial charge in [0.05, 0.1) is 11.3 Å². The highest BCUT2D eigenvalue weighted by Crippen LogP contribution is 2.35. The smallest absolute Gasteiger partial charge is 0.234 e. The number of amides is 1. The van der Waals surface area contributed by atoms with Crippen LogP contribution >= 0.6 is 11.8 Å². The topological polar surface area (TPSA) is 98.5 Å². The molecule has 0 saturated carbocycles. The number of para-hydroxylation sites is 2. The number of carbonyl (C=O) groups excluding carboxylic acids is 1. The van der Waals surface area contributed by atoms with E-state index in [0.717, 1.165) is 5.69 Å². The molecule has 4 aromatic rings. The quantitative estimate of drug-likeness (QED) is 0.430. The van der Waals surface area contributed by atoms with Crippen molar-refractivity contribution < 1.29 is 19.4 Å². The SMILES string of the molecule is O=C(CSc1nnc(-c2ccccc2O)n1-c1ccccc1)Nc1ccc2c(c1)OCO2. The highest BCUT2D eigenvalue weighted by atomic mass is 32.2. The van der Waals surface area contributed by atoms with E-state index in [1.165, 1.54) is 11.8 Å². The van der Waals surface area contributed by atoms with Crippen molar-refractivity contribution in [3.63, 3.8) is 0 Å². The number of ether oxygens (including phenoxy) is 2. The fraction of sp³-hybridized carbons (Fsp3) is 0.0870. The Balaban J connectivity index is 1.38. The predicted octanol–water partition coefficient (Wildman–Crippen LogP) is 4.10. The first-order valence-corrected chi connectivity index (χ1v) is 10.8. The molecule has 1 aliphatic rings.